The number of hydrogen-bond acceptors (Lipinski definition) is 4. The van der Waals surface area contributed by atoms with E-state index in [9.17, 15) is 13.2 Å². The van der Waals surface area contributed by atoms with Gasteiger partial charge in [0.25, 0.3) is 0 Å². The third-order valence-corrected chi connectivity index (χ3v) is 7.81. The van der Waals surface area contributed by atoms with Crippen molar-refractivity contribution in [2.75, 3.05) is 18.1 Å². The Kier molecular flexibility index (Phi) is 10.0. The molecule has 0 radical (unpaired) electrons. The van der Waals surface area contributed by atoms with E-state index in [0.29, 0.717) is 12.3 Å². The summed E-state index contributed by atoms with van der Waals surface area (Å²) >= 11 is 0. The molecule has 0 aromatic rings. The van der Waals surface area contributed by atoms with Crippen LogP contribution >= 0.6 is 0 Å². The number of rotatable bonds is 11. The molecule has 6 nitrogen and oxygen atoms in total. The summed E-state index contributed by atoms with van der Waals surface area (Å²) in [5, 5.41) is 0. The van der Waals surface area contributed by atoms with Gasteiger partial charge in [0, 0.05) is 6.42 Å². The van der Waals surface area contributed by atoms with Gasteiger partial charge in [-0.25, -0.2) is 8.42 Å². The van der Waals surface area contributed by atoms with Crippen molar-refractivity contribution in [3.63, 3.8) is 0 Å². The zero-order valence-corrected chi connectivity index (χ0v) is 20.0. The van der Waals surface area contributed by atoms with E-state index in [1.54, 1.807) is 6.08 Å². The number of aliphatic imine (C=N–C) groups is 1. The lowest BCUT2D eigenvalue weighted by Gasteiger charge is -2.39. The van der Waals surface area contributed by atoms with Crippen LogP contribution in [-0.4, -0.2) is 38.2 Å². The molecule has 0 amide bonds. The topological polar surface area (TPSA) is 116 Å². The van der Waals surface area contributed by atoms with Crippen LogP contribution in [0.5, 0.6) is 0 Å². The first-order valence-corrected chi connectivity index (χ1v) is 12.5. The van der Waals surface area contributed by atoms with E-state index in [1.807, 2.05) is 13.0 Å². The van der Waals surface area contributed by atoms with Gasteiger partial charge in [-0.15, -0.1) is 0 Å². The monoisotopic (exact) mass is 437 g/mol. The standard InChI is InChI=1S/C23H39N3O3S/c1-17(9-11-23(5)19(3)15-21(27)16-20(23)4)7-6-8-18(2)10-13-30(28,29)14-12-26-22(24)25/h7,10,15,20H,6,8-9,11-14,16H2,1-5H3,(H4,24,25,26)/b17-7+,18-10+/t20-,23-/m1/s1. The quantitative estimate of drug-likeness (QED) is 0.290. The summed E-state index contributed by atoms with van der Waals surface area (Å²) in [7, 11) is -3.20. The maximum Gasteiger partial charge on any atom is 0.185 e. The Balaban J connectivity index is 2.49. The van der Waals surface area contributed by atoms with Crippen LogP contribution in [0.4, 0.5) is 0 Å². The highest BCUT2D eigenvalue weighted by Crippen LogP contribution is 2.44. The zero-order valence-electron chi connectivity index (χ0n) is 19.2. The summed E-state index contributed by atoms with van der Waals surface area (Å²) in [6.07, 6.45) is 10.2. The smallest absolute Gasteiger partial charge is 0.185 e. The summed E-state index contributed by atoms with van der Waals surface area (Å²) in [4.78, 5) is 15.5. The molecule has 0 aromatic heterocycles. The van der Waals surface area contributed by atoms with Gasteiger partial charge in [-0.1, -0.05) is 42.7 Å². The van der Waals surface area contributed by atoms with Crippen LogP contribution in [0.3, 0.4) is 0 Å². The molecule has 1 aliphatic carbocycles. The van der Waals surface area contributed by atoms with E-state index < -0.39 is 9.84 Å². The van der Waals surface area contributed by atoms with Crippen molar-refractivity contribution < 1.29 is 13.2 Å². The molecule has 2 atom stereocenters. The molecule has 0 aliphatic heterocycles. The molecule has 0 unspecified atom stereocenters. The first-order valence-electron chi connectivity index (χ1n) is 10.6. The number of carbonyl (C=O) groups excluding carboxylic acids is 1. The summed E-state index contributed by atoms with van der Waals surface area (Å²) < 4.78 is 24.0. The van der Waals surface area contributed by atoms with Crippen LogP contribution in [0, 0.1) is 11.3 Å². The van der Waals surface area contributed by atoms with Gasteiger partial charge >= 0.3 is 0 Å². The van der Waals surface area contributed by atoms with Crippen LogP contribution in [0.15, 0.2) is 39.9 Å². The first kappa shape index (κ1) is 26.1. The van der Waals surface area contributed by atoms with Gasteiger partial charge in [0.05, 0.1) is 18.1 Å². The van der Waals surface area contributed by atoms with Crippen LogP contribution in [0.25, 0.3) is 0 Å². The lowest BCUT2D eigenvalue weighted by molar-refractivity contribution is -0.117. The Hall–Kier alpha value is -1.89. The van der Waals surface area contributed by atoms with Gasteiger partial charge in [0.1, 0.15) is 0 Å². The van der Waals surface area contributed by atoms with E-state index in [1.165, 1.54) is 11.1 Å². The van der Waals surface area contributed by atoms with Crippen molar-refractivity contribution in [1.29, 1.82) is 0 Å². The Bertz CT molecular complexity index is 834. The number of hydrogen-bond donors (Lipinski definition) is 2. The van der Waals surface area contributed by atoms with Crippen molar-refractivity contribution in [2.45, 2.75) is 66.7 Å². The summed E-state index contributed by atoms with van der Waals surface area (Å²) in [5.41, 5.74) is 14.1. The van der Waals surface area contributed by atoms with Crippen LogP contribution in [-0.2, 0) is 14.6 Å². The molecule has 4 N–H and O–H groups in total. The van der Waals surface area contributed by atoms with E-state index in [0.717, 1.165) is 31.3 Å². The van der Waals surface area contributed by atoms with Crippen LogP contribution in [0.1, 0.15) is 66.7 Å². The average molecular weight is 438 g/mol. The average Bonchev–Trinajstić information content (AvgIpc) is 2.62. The molecule has 0 spiro atoms. The van der Waals surface area contributed by atoms with Gasteiger partial charge in [-0.2, -0.15) is 0 Å². The summed E-state index contributed by atoms with van der Waals surface area (Å²) in [5.74, 6) is 0.477. The van der Waals surface area contributed by atoms with Gasteiger partial charge in [0.15, 0.2) is 21.6 Å². The van der Waals surface area contributed by atoms with E-state index >= 15 is 0 Å². The second-order valence-electron chi connectivity index (χ2n) is 8.88. The number of nitrogens with two attached hydrogens (primary N) is 2. The predicted octanol–water partition coefficient (Wildman–Crippen LogP) is 3.69. The third kappa shape index (κ3) is 8.86. The number of nitrogens with zero attached hydrogens (tertiary/aromatic N) is 1. The zero-order chi connectivity index (χ0) is 22.9. The number of sulfone groups is 1. The third-order valence-electron chi connectivity index (χ3n) is 6.33. The number of carbonyl (C=O) groups is 1. The fraction of sp³-hybridized carbons (Fsp3) is 0.652. The molecule has 0 saturated heterocycles. The molecule has 0 aromatic carbocycles. The van der Waals surface area contributed by atoms with E-state index in [2.05, 4.69) is 38.8 Å². The molecule has 7 heteroatoms. The molecule has 0 bridgehead atoms. The van der Waals surface area contributed by atoms with Crippen molar-refractivity contribution in [1.82, 2.24) is 0 Å². The molecule has 0 fully saturated rings. The fourth-order valence-corrected chi connectivity index (χ4v) is 4.77. The molecule has 0 heterocycles. The number of ketones is 1. The minimum atomic E-state index is -3.20. The molecule has 170 valence electrons. The molecule has 1 aliphatic rings. The number of allylic oxidation sites excluding steroid dienone is 5. The van der Waals surface area contributed by atoms with Gasteiger partial charge in [0.2, 0.25) is 0 Å². The fourth-order valence-electron chi connectivity index (χ4n) is 3.70. The maximum absolute atomic E-state index is 12.0. The van der Waals surface area contributed by atoms with Crippen molar-refractivity contribution in [2.24, 2.45) is 27.8 Å². The Morgan fingerprint density at radius 3 is 2.47 bits per heavy atom. The molecule has 30 heavy (non-hydrogen) atoms. The second-order valence-corrected chi connectivity index (χ2v) is 11.1. The van der Waals surface area contributed by atoms with Gasteiger partial charge in [-0.05, 0) is 63.9 Å². The highest BCUT2D eigenvalue weighted by Gasteiger charge is 2.36. The highest BCUT2D eigenvalue weighted by molar-refractivity contribution is 7.91. The maximum atomic E-state index is 12.0. The Labute approximate surface area is 182 Å². The Morgan fingerprint density at radius 1 is 1.23 bits per heavy atom. The van der Waals surface area contributed by atoms with Crippen LogP contribution < -0.4 is 11.5 Å². The number of guanidine groups is 1. The predicted molar refractivity (Wildman–Crippen MR) is 126 cm³/mol. The molecule has 0 saturated carbocycles. The van der Waals surface area contributed by atoms with Crippen molar-refractivity contribution >= 4 is 21.6 Å². The lowest BCUT2D eigenvalue weighted by atomic mass is 9.64. The summed E-state index contributed by atoms with van der Waals surface area (Å²) in [6, 6.07) is 0. The first-order chi connectivity index (χ1) is 13.9. The minimum absolute atomic E-state index is 0.0160. The van der Waals surface area contributed by atoms with Crippen molar-refractivity contribution in [3.05, 3.63) is 34.9 Å². The van der Waals surface area contributed by atoms with Crippen LogP contribution in [0.2, 0.25) is 0 Å². The normalized spacial score (nSPS) is 23.3. The van der Waals surface area contributed by atoms with Gasteiger partial charge in [-0.3, -0.25) is 9.79 Å². The largest absolute Gasteiger partial charge is 0.370 e. The lowest BCUT2D eigenvalue weighted by Crippen LogP contribution is -2.32. The van der Waals surface area contributed by atoms with E-state index in [4.69, 9.17) is 11.5 Å². The second kappa shape index (κ2) is 11.5. The van der Waals surface area contributed by atoms with E-state index in [-0.39, 0.29) is 35.2 Å². The molecular formula is C23H39N3O3S. The van der Waals surface area contributed by atoms with Crippen molar-refractivity contribution in [3.8, 4) is 0 Å². The molecular weight excluding hydrogens is 398 g/mol. The summed E-state index contributed by atoms with van der Waals surface area (Å²) in [6.45, 7) is 10.7. The molecule has 1 rings (SSSR count). The SMILES string of the molecule is CC1=CC(=O)C[C@@H](C)[C@]1(C)CC/C(C)=C/CC/C(C)=C/CS(=O)(=O)CCN=C(N)N. The highest BCUT2D eigenvalue weighted by atomic mass is 32.2. The van der Waals surface area contributed by atoms with Gasteiger partial charge < -0.3 is 11.5 Å². The Morgan fingerprint density at radius 2 is 1.87 bits per heavy atom. The minimum Gasteiger partial charge on any atom is -0.370 e.